The third-order valence-electron chi connectivity index (χ3n) is 4.23. The second-order valence-corrected chi connectivity index (χ2v) is 6.97. The Morgan fingerprint density at radius 2 is 1.81 bits per heavy atom. The summed E-state index contributed by atoms with van der Waals surface area (Å²) in [5.74, 6) is 1.00. The molecule has 4 rings (SSSR count). The summed E-state index contributed by atoms with van der Waals surface area (Å²) in [5, 5.41) is 7.73. The molecule has 132 valence electrons. The monoisotopic (exact) mass is 388 g/mol. The van der Waals surface area contributed by atoms with E-state index in [0.717, 1.165) is 22.6 Å². The van der Waals surface area contributed by atoms with Crippen LogP contribution in [0.5, 0.6) is 5.75 Å². The molecule has 2 heterocycles. The van der Waals surface area contributed by atoms with Crippen LogP contribution in [0.25, 0.3) is 11.1 Å². The van der Waals surface area contributed by atoms with Gasteiger partial charge in [0.05, 0.1) is 11.4 Å². The quantitative estimate of drug-likeness (QED) is 0.643. The van der Waals surface area contributed by atoms with Crippen LogP contribution in [0.3, 0.4) is 0 Å². The molecular formula is C19H14Cl2N2O3. The van der Waals surface area contributed by atoms with Gasteiger partial charge in [-0.15, -0.1) is 0 Å². The van der Waals surface area contributed by atoms with Crippen LogP contribution in [0.15, 0.2) is 40.9 Å². The molecule has 3 aromatic rings. The Labute approximate surface area is 159 Å². The van der Waals surface area contributed by atoms with Gasteiger partial charge in [-0.3, -0.25) is 4.79 Å². The number of nitrogens with one attached hydrogen (secondary N) is 1. The molecule has 26 heavy (non-hydrogen) atoms. The average molecular weight is 389 g/mol. The van der Waals surface area contributed by atoms with E-state index in [-0.39, 0.29) is 5.91 Å². The highest BCUT2D eigenvalue weighted by molar-refractivity contribution is 6.34. The standard InChI is InChI=1S/C19H14Cl2N2O3/c1-9-17(10(2)26-23-9)11-3-4-15-16(7-11)25-18(19(24)22-15)12-5-13(20)8-14(21)6-12/h3-8,18H,1-2H3,(H,22,24). The molecule has 2 aromatic carbocycles. The van der Waals surface area contributed by atoms with Crippen LogP contribution < -0.4 is 10.1 Å². The molecule has 1 unspecified atom stereocenters. The number of aryl methyl sites for hydroxylation is 2. The molecule has 7 heteroatoms. The molecule has 1 atom stereocenters. The summed E-state index contributed by atoms with van der Waals surface area (Å²) in [6.45, 7) is 3.73. The lowest BCUT2D eigenvalue weighted by molar-refractivity contribution is -0.123. The van der Waals surface area contributed by atoms with Crippen LogP contribution in [0, 0.1) is 13.8 Å². The van der Waals surface area contributed by atoms with E-state index in [1.54, 1.807) is 24.3 Å². The van der Waals surface area contributed by atoms with Crippen molar-refractivity contribution < 1.29 is 14.1 Å². The topological polar surface area (TPSA) is 64.4 Å². The lowest BCUT2D eigenvalue weighted by Gasteiger charge is -2.26. The zero-order valence-electron chi connectivity index (χ0n) is 14.0. The van der Waals surface area contributed by atoms with Crippen molar-refractivity contribution in [3.05, 3.63) is 63.5 Å². The van der Waals surface area contributed by atoms with Gasteiger partial charge in [-0.2, -0.15) is 0 Å². The molecule has 1 aliphatic heterocycles. The Balaban J connectivity index is 1.74. The number of halogens is 2. The smallest absolute Gasteiger partial charge is 0.270 e. The van der Waals surface area contributed by atoms with Crippen molar-refractivity contribution in [1.82, 2.24) is 5.16 Å². The van der Waals surface area contributed by atoms with Gasteiger partial charge in [-0.25, -0.2) is 0 Å². The third kappa shape index (κ3) is 2.93. The van der Waals surface area contributed by atoms with E-state index >= 15 is 0 Å². The first kappa shape index (κ1) is 16.9. The van der Waals surface area contributed by atoms with Crippen LogP contribution in [0.1, 0.15) is 23.1 Å². The van der Waals surface area contributed by atoms with Crippen molar-refractivity contribution in [2.75, 3.05) is 5.32 Å². The highest BCUT2D eigenvalue weighted by Gasteiger charge is 2.30. The SMILES string of the molecule is Cc1noc(C)c1-c1ccc2c(c1)OC(c1cc(Cl)cc(Cl)c1)C(=O)N2. The summed E-state index contributed by atoms with van der Waals surface area (Å²) >= 11 is 12.1. The van der Waals surface area contributed by atoms with Crippen molar-refractivity contribution in [2.24, 2.45) is 0 Å². The van der Waals surface area contributed by atoms with Gasteiger partial charge in [-0.05, 0) is 49.7 Å². The number of fused-ring (bicyclic) bond motifs is 1. The van der Waals surface area contributed by atoms with Gasteiger partial charge in [0.1, 0.15) is 11.5 Å². The van der Waals surface area contributed by atoms with Crippen LogP contribution in [0.2, 0.25) is 10.0 Å². The number of hydrogen-bond donors (Lipinski definition) is 1. The molecule has 1 aliphatic rings. The first-order valence-electron chi connectivity index (χ1n) is 7.93. The lowest BCUT2D eigenvalue weighted by Crippen LogP contribution is -2.30. The van der Waals surface area contributed by atoms with Gasteiger partial charge >= 0.3 is 0 Å². The molecule has 0 saturated heterocycles. The Kier molecular flexibility index (Phi) is 4.13. The second kappa shape index (κ2) is 6.34. The van der Waals surface area contributed by atoms with Gasteiger partial charge in [0, 0.05) is 21.2 Å². The summed E-state index contributed by atoms with van der Waals surface area (Å²) in [7, 11) is 0. The van der Waals surface area contributed by atoms with Crippen molar-refractivity contribution in [3.63, 3.8) is 0 Å². The molecular weight excluding hydrogens is 375 g/mol. The first-order valence-corrected chi connectivity index (χ1v) is 8.69. The fourth-order valence-corrected chi connectivity index (χ4v) is 3.64. The molecule has 0 bridgehead atoms. The van der Waals surface area contributed by atoms with E-state index in [9.17, 15) is 4.79 Å². The van der Waals surface area contributed by atoms with Gasteiger partial charge in [-0.1, -0.05) is 34.4 Å². The summed E-state index contributed by atoms with van der Waals surface area (Å²) < 4.78 is 11.2. The maximum Gasteiger partial charge on any atom is 0.270 e. The maximum absolute atomic E-state index is 12.5. The van der Waals surface area contributed by atoms with Gasteiger partial charge < -0.3 is 14.6 Å². The minimum atomic E-state index is -0.835. The fraction of sp³-hybridized carbons (Fsp3) is 0.158. The van der Waals surface area contributed by atoms with E-state index in [1.165, 1.54) is 0 Å². The second-order valence-electron chi connectivity index (χ2n) is 6.10. The van der Waals surface area contributed by atoms with Gasteiger partial charge in [0.25, 0.3) is 5.91 Å². The number of hydrogen-bond acceptors (Lipinski definition) is 4. The Hall–Kier alpha value is -2.50. The van der Waals surface area contributed by atoms with Crippen molar-refractivity contribution >= 4 is 34.8 Å². The fourth-order valence-electron chi connectivity index (χ4n) is 3.10. The lowest BCUT2D eigenvalue weighted by atomic mass is 10.0. The summed E-state index contributed by atoms with van der Waals surface area (Å²) in [6.07, 6.45) is -0.835. The van der Waals surface area contributed by atoms with E-state index in [2.05, 4.69) is 10.5 Å². The first-order chi connectivity index (χ1) is 12.4. The zero-order chi connectivity index (χ0) is 18.4. The molecule has 0 radical (unpaired) electrons. The van der Waals surface area contributed by atoms with Crippen LogP contribution >= 0.6 is 23.2 Å². The van der Waals surface area contributed by atoms with Crippen LogP contribution in [0.4, 0.5) is 5.69 Å². The van der Waals surface area contributed by atoms with Crippen molar-refractivity contribution in [1.29, 1.82) is 0 Å². The number of carbonyl (C=O) groups is 1. The van der Waals surface area contributed by atoms with Crippen molar-refractivity contribution in [3.8, 4) is 16.9 Å². The Morgan fingerprint density at radius 3 is 2.46 bits per heavy atom. The van der Waals surface area contributed by atoms with Crippen LogP contribution in [-0.4, -0.2) is 11.1 Å². The molecule has 5 nitrogen and oxygen atoms in total. The van der Waals surface area contributed by atoms with Gasteiger partial charge in [0.2, 0.25) is 6.10 Å². The number of benzene rings is 2. The molecule has 1 N–H and O–H groups in total. The number of ether oxygens (including phenoxy) is 1. The number of anilines is 1. The highest BCUT2D eigenvalue weighted by Crippen LogP contribution is 2.40. The normalized spacial score (nSPS) is 16.0. The molecule has 0 spiro atoms. The minimum Gasteiger partial charge on any atom is -0.474 e. The van der Waals surface area contributed by atoms with E-state index in [4.69, 9.17) is 32.5 Å². The summed E-state index contributed by atoms with van der Waals surface area (Å²) in [6, 6.07) is 10.5. The zero-order valence-corrected chi connectivity index (χ0v) is 15.5. The van der Waals surface area contributed by atoms with E-state index in [1.807, 2.05) is 26.0 Å². The number of nitrogens with zero attached hydrogens (tertiary/aromatic N) is 1. The Morgan fingerprint density at radius 1 is 1.08 bits per heavy atom. The summed E-state index contributed by atoms with van der Waals surface area (Å²) in [4.78, 5) is 12.5. The molecule has 1 aromatic heterocycles. The third-order valence-corrected chi connectivity index (χ3v) is 4.67. The largest absolute Gasteiger partial charge is 0.474 e. The Bertz CT molecular complexity index is 990. The molecule has 1 amide bonds. The predicted molar refractivity (Wildman–Crippen MR) is 99.9 cm³/mol. The number of aromatic nitrogens is 1. The van der Waals surface area contributed by atoms with E-state index in [0.29, 0.717) is 27.0 Å². The summed E-state index contributed by atoms with van der Waals surface area (Å²) in [5.41, 5.74) is 3.80. The van der Waals surface area contributed by atoms with E-state index < -0.39 is 6.10 Å². The molecule has 0 fully saturated rings. The minimum absolute atomic E-state index is 0.277. The molecule has 0 saturated carbocycles. The van der Waals surface area contributed by atoms with Gasteiger partial charge in [0.15, 0.2) is 0 Å². The number of rotatable bonds is 2. The number of carbonyl (C=O) groups excluding carboxylic acids is 1. The number of amides is 1. The maximum atomic E-state index is 12.5. The molecule has 0 aliphatic carbocycles. The van der Waals surface area contributed by atoms with Crippen molar-refractivity contribution in [2.45, 2.75) is 20.0 Å². The van der Waals surface area contributed by atoms with Crippen LogP contribution in [-0.2, 0) is 4.79 Å². The predicted octanol–water partition coefficient (Wildman–Crippen LogP) is 5.34. The highest BCUT2D eigenvalue weighted by atomic mass is 35.5. The average Bonchev–Trinajstić information content (AvgIpc) is 2.91.